The summed E-state index contributed by atoms with van der Waals surface area (Å²) in [7, 11) is 0.523. The molecule has 0 fully saturated rings. The Labute approximate surface area is 175 Å². The van der Waals surface area contributed by atoms with Crippen molar-refractivity contribution in [2.45, 2.75) is 38.0 Å². The molecule has 0 heterocycles. The van der Waals surface area contributed by atoms with E-state index in [2.05, 4.69) is 19.2 Å². The molecule has 2 aromatic carbocycles. The van der Waals surface area contributed by atoms with Gasteiger partial charge in [0.15, 0.2) is 0 Å². The summed E-state index contributed by atoms with van der Waals surface area (Å²) in [6.45, 7) is 4.52. The van der Waals surface area contributed by atoms with Crippen LogP contribution in [0.1, 0.15) is 43.5 Å². The highest BCUT2D eigenvalue weighted by molar-refractivity contribution is 7.99. The van der Waals surface area contributed by atoms with Gasteiger partial charge < -0.3 is 5.32 Å². The summed E-state index contributed by atoms with van der Waals surface area (Å²) in [4.78, 5) is 13.9. The lowest BCUT2D eigenvalue weighted by atomic mass is 10.1. The van der Waals surface area contributed by atoms with E-state index in [0.717, 1.165) is 17.4 Å². The summed E-state index contributed by atoms with van der Waals surface area (Å²) >= 11 is 1.85. The van der Waals surface area contributed by atoms with Gasteiger partial charge >= 0.3 is 0 Å². The molecule has 28 heavy (non-hydrogen) atoms. The topological polar surface area (TPSA) is 49.4 Å². The molecular formula is C22H30N2O2S2. The normalized spacial score (nSPS) is 12.0. The van der Waals surface area contributed by atoms with Gasteiger partial charge in [-0.25, -0.2) is 4.21 Å². The second kappa shape index (κ2) is 11.3. The summed E-state index contributed by atoms with van der Waals surface area (Å²) in [5, 5.41) is 2.93. The van der Waals surface area contributed by atoms with Crippen LogP contribution in [0, 0.1) is 5.92 Å². The number of amides is 1. The average Bonchev–Trinajstić information content (AvgIpc) is 2.68. The van der Waals surface area contributed by atoms with Crippen molar-refractivity contribution in [3.05, 3.63) is 54.1 Å². The van der Waals surface area contributed by atoms with E-state index < -0.39 is 11.0 Å². The predicted molar refractivity (Wildman–Crippen MR) is 123 cm³/mol. The minimum absolute atomic E-state index is 0.206. The largest absolute Gasteiger partial charge is 0.322 e. The fourth-order valence-corrected chi connectivity index (χ4v) is 4.11. The number of thioether (sulfide) groups is 1. The first-order valence-electron chi connectivity index (χ1n) is 9.59. The smallest absolute Gasteiger partial charge is 0.257 e. The van der Waals surface area contributed by atoms with Gasteiger partial charge in [-0.15, -0.1) is 11.8 Å². The maximum Gasteiger partial charge on any atom is 0.257 e. The molecule has 1 atom stereocenters. The maximum atomic E-state index is 12.7. The standard InChI is InChI=1S/C22H30N2O2S2/c1-17(2)9-7-8-16-27-19-14-12-18(13-15-19)23-22(25)20-10-5-6-11-21(20)24(3)28(4)26/h5-6,10-15,17H,7-9,16H2,1-4H3,(H,23,25). The van der Waals surface area contributed by atoms with Crippen LogP contribution < -0.4 is 9.62 Å². The molecule has 4 nitrogen and oxygen atoms in total. The molecule has 2 aromatic rings. The number of nitrogens with zero attached hydrogens (tertiary/aromatic N) is 1. The Kier molecular flexibility index (Phi) is 9.06. The highest BCUT2D eigenvalue weighted by Gasteiger charge is 2.15. The SMILES string of the molecule is CC(C)CCCCSc1ccc(NC(=O)c2ccccc2N(C)S(C)=O)cc1. The number of carbonyl (C=O) groups excluding carboxylic acids is 1. The van der Waals surface area contributed by atoms with Crippen LogP contribution in [0.4, 0.5) is 11.4 Å². The quantitative estimate of drug-likeness (QED) is 0.404. The van der Waals surface area contributed by atoms with Crippen LogP contribution in [0.2, 0.25) is 0 Å². The van der Waals surface area contributed by atoms with Crippen LogP contribution in [-0.4, -0.2) is 29.2 Å². The van der Waals surface area contributed by atoms with Crippen LogP contribution in [0.15, 0.2) is 53.4 Å². The Hall–Kier alpha value is -1.79. The van der Waals surface area contributed by atoms with Crippen molar-refractivity contribution < 1.29 is 9.00 Å². The van der Waals surface area contributed by atoms with E-state index in [0.29, 0.717) is 11.3 Å². The number of benzene rings is 2. The van der Waals surface area contributed by atoms with Gasteiger partial charge in [-0.3, -0.25) is 9.10 Å². The zero-order valence-electron chi connectivity index (χ0n) is 17.1. The number of hydrogen-bond acceptors (Lipinski definition) is 3. The number of para-hydroxylation sites is 1. The second-order valence-corrected chi connectivity index (χ2v) is 9.72. The van der Waals surface area contributed by atoms with E-state index in [1.165, 1.54) is 24.2 Å². The van der Waals surface area contributed by atoms with Crippen molar-refractivity contribution in [2.24, 2.45) is 5.92 Å². The molecular weight excluding hydrogens is 388 g/mol. The summed E-state index contributed by atoms with van der Waals surface area (Å²) in [6, 6.07) is 15.1. The van der Waals surface area contributed by atoms with Gasteiger partial charge in [-0.05, 0) is 54.5 Å². The molecule has 0 saturated carbocycles. The molecule has 2 rings (SSSR count). The molecule has 1 N–H and O–H groups in total. The third-order valence-electron chi connectivity index (χ3n) is 4.43. The molecule has 0 spiro atoms. The number of carbonyl (C=O) groups is 1. The Bertz CT molecular complexity index is 791. The molecule has 0 bridgehead atoms. The number of rotatable bonds is 10. The van der Waals surface area contributed by atoms with Gasteiger partial charge in [0.25, 0.3) is 5.91 Å². The predicted octanol–water partition coefficient (Wildman–Crippen LogP) is 5.59. The van der Waals surface area contributed by atoms with Crippen molar-refractivity contribution in [1.29, 1.82) is 0 Å². The van der Waals surface area contributed by atoms with E-state index in [4.69, 9.17) is 0 Å². The molecule has 1 unspecified atom stereocenters. The fraction of sp³-hybridized carbons (Fsp3) is 0.409. The molecule has 1 amide bonds. The monoisotopic (exact) mass is 418 g/mol. The van der Waals surface area contributed by atoms with E-state index in [1.54, 1.807) is 29.7 Å². The first kappa shape index (κ1) is 22.5. The van der Waals surface area contributed by atoms with E-state index in [-0.39, 0.29) is 5.91 Å². The van der Waals surface area contributed by atoms with Crippen LogP contribution in [0.25, 0.3) is 0 Å². The molecule has 0 aliphatic heterocycles. The zero-order valence-corrected chi connectivity index (χ0v) is 18.7. The lowest BCUT2D eigenvalue weighted by Gasteiger charge is -2.19. The van der Waals surface area contributed by atoms with E-state index in [9.17, 15) is 9.00 Å². The molecule has 0 aliphatic rings. The van der Waals surface area contributed by atoms with Gasteiger partial charge in [-0.1, -0.05) is 38.8 Å². The summed E-state index contributed by atoms with van der Waals surface area (Å²) in [6.07, 6.45) is 5.38. The second-order valence-electron chi connectivity index (χ2n) is 7.15. The van der Waals surface area contributed by atoms with Crippen LogP contribution in [0.5, 0.6) is 0 Å². The summed E-state index contributed by atoms with van der Waals surface area (Å²) in [5.41, 5.74) is 1.91. The summed E-state index contributed by atoms with van der Waals surface area (Å²) in [5.74, 6) is 1.68. The van der Waals surface area contributed by atoms with Crippen molar-refractivity contribution in [2.75, 3.05) is 28.7 Å². The Morgan fingerprint density at radius 3 is 2.43 bits per heavy atom. The number of hydrogen-bond donors (Lipinski definition) is 1. The van der Waals surface area contributed by atoms with E-state index >= 15 is 0 Å². The van der Waals surface area contributed by atoms with Crippen molar-refractivity contribution in [1.82, 2.24) is 0 Å². The average molecular weight is 419 g/mol. The molecule has 0 aromatic heterocycles. The molecule has 152 valence electrons. The highest BCUT2D eigenvalue weighted by Crippen LogP contribution is 2.24. The highest BCUT2D eigenvalue weighted by atomic mass is 32.2. The zero-order chi connectivity index (χ0) is 20.5. The lowest BCUT2D eigenvalue weighted by molar-refractivity contribution is 0.102. The first-order chi connectivity index (χ1) is 13.4. The lowest BCUT2D eigenvalue weighted by Crippen LogP contribution is -2.23. The van der Waals surface area contributed by atoms with Gasteiger partial charge in [0.2, 0.25) is 0 Å². The van der Waals surface area contributed by atoms with Crippen LogP contribution >= 0.6 is 11.8 Å². The van der Waals surface area contributed by atoms with Crippen LogP contribution in [-0.2, 0) is 11.0 Å². The van der Waals surface area contributed by atoms with E-state index in [1.807, 2.05) is 48.2 Å². The molecule has 0 aliphatic carbocycles. The number of nitrogens with one attached hydrogen (secondary N) is 1. The molecule has 0 saturated heterocycles. The van der Waals surface area contributed by atoms with Gasteiger partial charge in [0.05, 0.1) is 11.3 Å². The Morgan fingerprint density at radius 1 is 1.11 bits per heavy atom. The van der Waals surface area contributed by atoms with Gasteiger partial charge in [0, 0.05) is 23.9 Å². The van der Waals surface area contributed by atoms with Gasteiger partial charge in [0.1, 0.15) is 11.0 Å². The third-order valence-corrected chi connectivity index (χ3v) is 6.50. The maximum absolute atomic E-state index is 12.7. The number of unbranched alkanes of at least 4 members (excludes halogenated alkanes) is 1. The molecule has 0 radical (unpaired) electrons. The molecule has 6 heteroatoms. The van der Waals surface area contributed by atoms with Crippen molar-refractivity contribution >= 4 is 40.0 Å². The first-order valence-corrected chi connectivity index (χ1v) is 12.1. The Morgan fingerprint density at radius 2 is 1.79 bits per heavy atom. The summed E-state index contributed by atoms with van der Waals surface area (Å²) < 4.78 is 13.4. The Balaban J connectivity index is 1.94. The van der Waals surface area contributed by atoms with Crippen molar-refractivity contribution in [3.63, 3.8) is 0 Å². The van der Waals surface area contributed by atoms with Gasteiger partial charge in [-0.2, -0.15) is 0 Å². The third kappa shape index (κ3) is 6.99. The minimum Gasteiger partial charge on any atom is -0.322 e. The number of anilines is 2. The van der Waals surface area contributed by atoms with Crippen molar-refractivity contribution in [3.8, 4) is 0 Å². The van der Waals surface area contributed by atoms with Crippen LogP contribution in [0.3, 0.4) is 0 Å². The fourth-order valence-electron chi connectivity index (χ4n) is 2.76. The minimum atomic E-state index is -1.20.